The van der Waals surface area contributed by atoms with Gasteiger partial charge < -0.3 is 15.2 Å². The van der Waals surface area contributed by atoms with Gasteiger partial charge >= 0.3 is 5.97 Å². The number of ether oxygens (including phenoxy) is 1. The maximum atomic E-state index is 11.0. The van der Waals surface area contributed by atoms with Gasteiger partial charge in [-0.3, -0.25) is 4.79 Å². The van der Waals surface area contributed by atoms with Crippen LogP contribution in [-0.2, 0) is 4.79 Å². The molecule has 1 saturated heterocycles. The van der Waals surface area contributed by atoms with Gasteiger partial charge in [0.1, 0.15) is 5.75 Å². The molecule has 5 heteroatoms. The highest BCUT2D eigenvalue weighted by atomic mass is 32.2. The Bertz CT molecular complexity index is 529. The molecule has 0 saturated carbocycles. The SMILES string of the molecule is CC1(C)Oc2c(cccc2C2CC(C(=O)O)CN2)S1. The molecule has 19 heavy (non-hydrogen) atoms. The minimum atomic E-state index is -0.724. The molecule has 2 unspecified atom stereocenters. The Hall–Kier alpha value is -1.20. The summed E-state index contributed by atoms with van der Waals surface area (Å²) >= 11 is 1.71. The highest BCUT2D eigenvalue weighted by Gasteiger charge is 2.37. The lowest BCUT2D eigenvalue weighted by molar-refractivity contribution is -0.141. The Balaban J connectivity index is 1.88. The van der Waals surface area contributed by atoms with Crippen LogP contribution < -0.4 is 10.1 Å². The van der Waals surface area contributed by atoms with Gasteiger partial charge in [-0.05, 0) is 26.3 Å². The van der Waals surface area contributed by atoms with E-state index in [4.69, 9.17) is 9.84 Å². The summed E-state index contributed by atoms with van der Waals surface area (Å²) < 4.78 is 6.01. The van der Waals surface area contributed by atoms with Gasteiger partial charge in [0.2, 0.25) is 0 Å². The van der Waals surface area contributed by atoms with Crippen LogP contribution >= 0.6 is 11.8 Å². The molecular formula is C14H17NO3S. The van der Waals surface area contributed by atoms with Crippen molar-refractivity contribution in [2.24, 2.45) is 5.92 Å². The number of carboxylic acid groups (broad SMARTS) is 1. The van der Waals surface area contributed by atoms with E-state index in [1.165, 1.54) is 0 Å². The van der Waals surface area contributed by atoms with Crippen LogP contribution in [0.3, 0.4) is 0 Å². The van der Waals surface area contributed by atoms with Gasteiger partial charge in [0.05, 0.1) is 10.8 Å². The third-order valence-electron chi connectivity index (χ3n) is 3.57. The number of fused-ring (bicyclic) bond motifs is 1. The highest BCUT2D eigenvalue weighted by molar-refractivity contribution is 8.00. The molecule has 1 aromatic rings. The van der Waals surface area contributed by atoms with Gasteiger partial charge in [0.15, 0.2) is 4.93 Å². The second-order valence-corrected chi connectivity index (χ2v) is 7.14. The normalized spacial score (nSPS) is 27.9. The molecule has 1 fully saturated rings. The molecule has 0 aromatic heterocycles. The number of rotatable bonds is 2. The predicted octanol–water partition coefficient (Wildman–Crippen LogP) is 2.64. The molecule has 4 nitrogen and oxygen atoms in total. The average molecular weight is 279 g/mol. The number of benzene rings is 1. The quantitative estimate of drug-likeness (QED) is 0.871. The fourth-order valence-corrected chi connectivity index (χ4v) is 3.74. The van der Waals surface area contributed by atoms with Crippen LogP contribution in [0.25, 0.3) is 0 Å². The van der Waals surface area contributed by atoms with Crippen molar-refractivity contribution < 1.29 is 14.6 Å². The molecule has 0 spiro atoms. The van der Waals surface area contributed by atoms with E-state index in [1.807, 2.05) is 26.0 Å². The molecule has 3 rings (SSSR count). The number of carbonyl (C=O) groups is 1. The summed E-state index contributed by atoms with van der Waals surface area (Å²) in [7, 11) is 0. The van der Waals surface area contributed by atoms with Crippen molar-refractivity contribution in [3.8, 4) is 5.75 Å². The third-order valence-corrected chi connectivity index (χ3v) is 4.68. The molecule has 1 aromatic carbocycles. The van der Waals surface area contributed by atoms with Gasteiger partial charge in [-0.1, -0.05) is 23.9 Å². The van der Waals surface area contributed by atoms with Gasteiger partial charge in [-0.15, -0.1) is 0 Å². The second kappa shape index (κ2) is 4.42. The lowest BCUT2D eigenvalue weighted by Crippen LogP contribution is -2.20. The highest BCUT2D eigenvalue weighted by Crippen LogP contribution is 2.50. The van der Waals surface area contributed by atoms with E-state index in [2.05, 4.69) is 11.4 Å². The Labute approximate surface area is 116 Å². The van der Waals surface area contributed by atoms with E-state index in [1.54, 1.807) is 11.8 Å². The van der Waals surface area contributed by atoms with Crippen LogP contribution in [-0.4, -0.2) is 22.6 Å². The summed E-state index contributed by atoms with van der Waals surface area (Å²) in [5.41, 5.74) is 1.08. The number of hydrogen-bond acceptors (Lipinski definition) is 4. The smallest absolute Gasteiger partial charge is 0.307 e. The van der Waals surface area contributed by atoms with Crippen molar-refractivity contribution in [2.75, 3.05) is 6.54 Å². The monoisotopic (exact) mass is 279 g/mol. The minimum Gasteiger partial charge on any atom is -0.481 e. The molecule has 0 bridgehead atoms. The molecule has 0 radical (unpaired) electrons. The van der Waals surface area contributed by atoms with Gasteiger partial charge in [0, 0.05) is 18.2 Å². The number of hydrogen-bond donors (Lipinski definition) is 2. The lowest BCUT2D eigenvalue weighted by Gasteiger charge is -2.19. The largest absolute Gasteiger partial charge is 0.481 e. The number of carboxylic acids is 1. The topological polar surface area (TPSA) is 58.6 Å². The molecule has 0 amide bonds. The molecule has 0 aliphatic carbocycles. The number of para-hydroxylation sites is 1. The van der Waals surface area contributed by atoms with E-state index in [-0.39, 0.29) is 16.9 Å². The molecular weight excluding hydrogens is 262 g/mol. The molecule has 2 aliphatic rings. The summed E-state index contributed by atoms with van der Waals surface area (Å²) in [5, 5.41) is 12.4. The first kappa shape index (κ1) is 12.8. The Morgan fingerprint density at radius 2 is 2.32 bits per heavy atom. The lowest BCUT2D eigenvalue weighted by atomic mass is 9.99. The van der Waals surface area contributed by atoms with Crippen molar-refractivity contribution in [2.45, 2.75) is 36.1 Å². The van der Waals surface area contributed by atoms with Gasteiger partial charge in [0.25, 0.3) is 0 Å². The maximum absolute atomic E-state index is 11.0. The van der Waals surface area contributed by atoms with E-state index in [0.717, 1.165) is 16.2 Å². The Morgan fingerprint density at radius 3 is 3.00 bits per heavy atom. The zero-order chi connectivity index (χ0) is 13.6. The average Bonchev–Trinajstić information content (AvgIpc) is 2.90. The Morgan fingerprint density at radius 1 is 1.53 bits per heavy atom. The Kier molecular flexibility index (Phi) is 2.98. The van der Waals surface area contributed by atoms with E-state index < -0.39 is 5.97 Å². The number of nitrogens with one attached hydrogen (secondary N) is 1. The summed E-state index contributed by atoms with van der Waals surface area (Å²) in [6, 6.07) is 6.18. The minimum absolute atomic E-state index is 0.0746. The summed E-state index contributed by atoms with van der Waals surface area (Å²) in [4.78, 5) is 11.9. The van der Waals surface area contributed by atoms with E-state index in [9.17, 15) is 4.79 Å². The van der Waals surface area contributed by atoms with Crippen LogP contribution in [0, 0.1) is 5.92 Å². The fourth-order valence-electron chi connectivity index (χ4n) is 2.69. The first-order valence-electron chi connectivity index (χ1n) is 6.43. The summed E-state index contributed by atoms with van der Waals surface area (Å²) in [6.45, 7) is 4.62. The molecule has 2 aliphatic heterocycles. The molecule has 2 atom stereocenters. The fraction of sp³-hybridized carbons (Fsp3) is 0.500. The van der Waals surface area contributed by atoms with Crippen molar-refractivity contribution in [3.63, 3.8) is 0 Å². The van der Waals surface area contributed by atoms with Gasteiger partial charge in [-0.2, -0.15) is 0 Å². The summed E-state index contributed by atoms with van der Waals surface area (Å²) in [5.74, 6) is -0.109. The first-order chi connectivity index (χ1) is 8.96. The third kappa shape index (κ3) is 2.32. The molecule has 2 heterocycles. The van der Waals surface area contributed by atoms with Crippen LogP contribution in [0.5, 0.6) is 5.75 Å². The van der Waals surface area contributed by atoms with Crippen molar-refractivity contribution >= 4 is 17.7 Å². The van der Waals surface area contributed by atoms with Crippen molar-refractivity contribution in [1.29, 1.82) is 0 Å². The maximum Gasteiger partial charge on any atom is 0.307 e. The molecule has 2 N–H and O–H groups in total. The van der Waals surface area contributed by atoms with Crippen LogP contribution in [0.4, 0.5) is 0 Å². The van der Waals surface area contributed by atoms with Crippen LogP contribution in [0.15, 0.2) is 23.1 Å². The predicted molar refractivity (Wildman–Crippen MR) is 73.5 cm³/mol. The van der Waals surface area contributed by atoms with Crippen LogP contribution in [0.1, 0.15) is 31.9 Å². The van der Waals surface area contributed by atoms with E-state index >= 15 is 0 Å². The second-order valence-electron chi connectivity index (χ2n) is 5.51. The van der Waals surface area contributed by atoms with Crippen LogP contribution in [0.2, 0.25) is 0 Å². The number of aliphatic carboxylic acids is 1. The first-order valence-corrected chi connectivity index (χ1v) is 7.25. The standard InChI is InChI=1S/C14H17NO3S/c1-14(2)18-12-9(4-3-5-11(12)19-14)10-6-8(7-15-10)13(16)17/h3-5,8,10,15H,6-7H2,1-2H3,(H,16,17). The van der Waals surface area contributed by atoms with E-state index in [0.29, 0.717) is 13.0 Å². The van der Waals surface area contributed by atoms with Crippen molar-refractivity contribution in [3.05, 3.63) is 23.8 Å². The molecule has 102 valence electrons. The zero-order valence-electron chi connectivity index (χ0n) is 11.0. The van der Waals surface area contributed by atoms with Gasteiger partial charge in [-0.25, -0.2) is 0 Å². The summed E-state index contributed by atoms with van der Waals surface area (Å²) in [6.07, 6.45) is 0.625. The van der Waals surface area contributed by atoms with Crippen molar-refractivity contribution in [1.82, 2.24) is 5.32 Å². The number of thioether (sulfide) groups is 1. The zero-order valence-corrected chi connectivity index (χ0v) is 11.8.